The van der Waals surface area contributed by atoms with Crippen LogP contribution in [0.15, 0.2) is 0 Å². The third kappa shape index (κ3) is 63.6. The Labute approximate surface area is 88.6 Å². The quantitative estimate of drug-likeness (QED) is 0.239. The topological polar surface area (TPSA) is 135 Å². The van der Waals surface area contributed by atoms with Gasteiger partial charge in [-0.15, -0.1) is 0 Å². The first-order valence-electron chi connectivity index (χ1n) is 3.35. The predicted molar refractivity (Wildman–Crippen MR) is 44.2 cm³/mol. The van der Waals surface area contributed by atoms with Crippen molar-refractivity contribution in [2.24, 2.45) is 0 Å². The summed E-state index contributed by atoms with van der Waals surface area (Å²) in [4.78, 5) is 18.2. The molecule has 14 heavy (non-hydrogen) atoms. The van der Waals surface area contributed by atoms with Crippen LogP contribution in [0.25, 0.3) is 0 Å². The van der Waals surface area contributed by atoms with Crippen LogP contribution < -0.4 is 0 Å². The van der Waals surface area contributed by atoms with Crippen LogP contribution in [0.5, 0.6) is 0 Å². The summed E-state index contributed by atoms with van der Waals surface area (Å²) >= 11 is 1.81. The van der Waals surface area contributed by atoms with Gasteiger partial charge in [0.25, 0.3) is 0 Å². The van der Waals surface area contributed by atoms with E-state index >= 15 is 0 Å². The maximum atomic E-state index is 10.7. The van der Waals surface area contributed by atoms with E-state index in [4.69, 9.17) is 34.9 Å². The van der Waals surface area contributed by atoms with Crippen LogP contribution in [-0.2, 0) is 9.59 Å². The van der Waals surface area contributed by atoms with Crippen LogP contribution in [0.3, 0.4) is 0 Å². The standard InChI is InChI=1S/C2H4F.C2H2O4.BH3O3.Li/c1-2-3;3-1(4)2(5)6;2-1(3)4;/h1-2H2;(H,3,4)(H,5,6);2-4H;. The second-order valence-electron chi connectivity index (χ2n) is 1.65. The Morgan fingerprint density at radius 2 is 1.29 bits per heavy atom. The average Bonchev–Trinajstić information content (AvgIpc) is 2.03. The fourth-order valence-electron chi connectivity index (χ4n) is 0. The first-order chi connectivity index (χ1) is 6.29. The normalized spacial score (nSPS) is 7.29. The molecular formula is C4H9BFLiO7. The van der Waals surface area contributed by atoms with Crippen molar-refractivity contribution in [3.05, 3.63) is 0 Å². The van der Waals surface area contributed by atoms with Crippen LogP contribution in [0.2, 0.25) is 5.09 Å². The Balaban J connectivity index is -0.000000135. The van der Waals surface area contributed by atoms with Crippen molar-refractivity contribution in [3.63, 3.8) is 0 Å². The summed E-state index contributed by atoms with van der Waals surface area (Å²) < 4.78 is 10.7. The molecule has 78 valence electrons. The minimum absolute atomic E-state index is 0.181. The van der Waals surface area contributed by atoms with Crippen LogP contribution >= 0.6 is 0 Å². The molecule has 0 bridgehead atoms. The van der Waals surface area contributed by atoms with E-state index in [1.165, 1.54) is 0 Å². The summed E-state index contributed by atoms with van der Waals surface area (Å²) in [7, 11) is -2.17. The summed E-state index contributed by atoms with van der Waals surface area (Å²) in [5.41, 5.74) is 0. The number of carboxylic acids is 2. The fourth-order valence-corrected chi connectivity index (χ4v) is 0. The van der Waals surface area contributed by atoms with E-state index in [0.29, 0.717) is 5.09 Å². The molecule has 0 radical (unpaired) electrons. The van der Waals surface area contributed by atoms with Gasteiger partial charge in [-0.1, -0.05) is 0 Å². The molecule has 0 amide bonds. The Morgan fingerprint density at radius 1 is 1.14 bits per heavy atom. The van der Waals surface area contributed by atoms with Gasteiger partial charge >= 0.3 is 53.1 Å². The van der Waals surface area contributed by atoms with Crippen LogP contribution in [0, 0.1) is 0 Å². The first-order valence-corrected chi connectivity index (χ1v) is 3.35. The number of carbonyl (C=O) groups is 2. The molecule has 0 saturated carbocycles. The number of hydrogen-bond donors (Lipinski definition) is 5. The summed E-state index contributed by atoms with van der Waals surface area (Å²) in [5, 5.41) is 36.9. The van der Waals surface area contributed by atoms with Crippen LogP contribution in [0.4, 0.5) is 4.39 Å². The van der Waals surface area contributed by atoms with E-state index in [1.807, 2.05) is 0 Å². The number of rotatable bonds is 1. The van der Waals surface area contributed by atoms with E-state index in [1.54, 1.807) is 17.7 Å². The van der Waals surface area contributed by atoms with Gasteiger partial charge in [-0.25, -0.2) is 9.59 Å². The molecule has 0 aromatic heterocycles. The minimum atomic E-state index is -2.17. The summed E-state index contributed by atoms with van der Waals surface area (Å²) in [5.74, 6) is -3.65. The van der Waals surface area contributed by atoms with E-state index in [9.17, 15) is 4.39 Å². The molecule has 0 spiro atoms. The number of alkyl halides is 1. The molecule has 0 fully saturated rings. The number of carboxylic acid groups (broad SMARTS) is 2. The summed E-state index contributed by atoms with van der Waals surface area (Å²) in [6.07, 6.45) is 0. The summed E-state index contributed by atoms with van der Waals surface area (Å²) in [6.45, 7) is -0.181. The second kappa shape index (κ2) is 14.9. The van der Waals surface area contributed by atoms with E-state index in [-0.39, 0.29) is 6.67 Å². The Kier molecular flexibility index (Phi) is 20.3. The van der Waals surface area contributed by atoms with E-state index in [0.717, 1.165) is 0 Å². The molecule has 0 heterocycles. The van der Waals surface area contributed by atoms with Crippen molar-refractivity contribution < 1.29 is 39.3 Å². The molecule has 0 rings (SSSR count). The zero-order valence-electron chi connectivity index (χ0n) is 7.42. The maximum absolute atomic E-state index is 10.7. The van der Waals surface area contributed by atoms with E-state index < -0.39 is 19.3 Å². The van der Waals surface area contributed by atoms with Gasteiger partial charge in [-0.2, -0.15) is 0 Å². The molecule has 0 aromatic rings. The molecule has 0 unspecified atom stereocenters. The molecule has 5 N–H and O–H groups in total. The van der Waals surface area contributed by atoms with E-state index in [2.05, 4.69) is 0 Å². The zero-order valence-corrected chi connectivity index (χ0v) is 7.42. The SMILES string of the molecule is O=C(O)C(=O)O.OB(O)O.[Li][CH2]CF. The number of aliphatic carboxylic acids is 2. The third-order valence-electron chi connectivity index (χ3n) is 0.372. The molecule has 0 aliphatic heterocycles. The van der Waals surface area contributed by atoms with Gasteiger partial charge in [-0.05, 0) is 0 Å². The molecule has 7 nitrogen and oxygen atoms in total. The van der Waals surface area contributed by atoms with Gasteiger partial charge in [0.05, 0.1) is 0 Å². The van der Waals surface area contributed by atoms with Crippen molar-refractivity contribution in [3.8, 4) is 0 Å². The third-order valence-corrected chi connectivity index (χ3v) is 0.372. The van der Waals surface area contributed by atoms with Gasteiger partial charge in [0.2, 0.25) is 0 Å². The van der Waals surface area contributed by atoms with Crippen molar-refractivity contribution in [1.29, 1.82) is 0 Å². The predicted octanol–water partition coefficient (Wildman–Crippen LogP) is -2.35. The Hall–Kier alpha value is -0.588. The molecule has 10 heteroatoms. The van der Waals surface area contributed by atoms with Gasteiger partial charge in [0.1, 0.15) is 0 Å². The Morgan fingerprint density at radius 3 is 1.29 bits per heavy atom. The van der Waals surface area contributed by atoms with Crippen molar-refractivity contribution >= 4 is 37.0 Å². The Bertz CT molecular complexity index is 138. The van der Waals surface area contributed by atoms with Crippen molar-refractivity contribution in [1.82, 2.24) is 0 Å². The molecular weight excluding hydrogens is 197 g/mol. The zero-order chi connectivity index (χ0) is 12.1. The monoisotopic (exact) mass is 206 g/mol. The van der Waals surface area contributed by atoms with Gasteiger partial charge < -0.3 is 25.3 Å². The van der Waals surface area contributed by atoms with Gasteiger partial charge in [0.15, 0.2) is 0 Å². The average molecular weight is 206 g/mol. The first kappa shape index (κ1) is 19.1. The van der Waals surface area contributed by atoms with Crippen LogP contribution in [-0.4, -0.2) is 68.9 Å². The van der Waals surface area contributed by atoms with Crippen molar-refractivity contribution in [2.75, 3.05) is 6.67 Å². The molecule has 0 atom stereocenters. The van der Waals surface area contributed by atoms with Crippen molar-refractivity contribution in [2.45, 2.75) is 5.09 Å². The molecule has 0 aliphatic carbocycles. The second-order valence-corrected chi connectivity index (χ2v) is 1.65. The summed E-state index contributed by atoms with van der Waals surface area (Å²) in [6, 6.07) is 0. The molecule has 0 aliphatic rings. The molecule has 0 aromatic carbocycles. The van der Waals surface area contributed by atoms with Crippen LogP contribution in [0.1, 0.15) is 0 Å². The molecule has 0 saturated heterocycles. The fraction of sp³-hybridized carbons (Fsp3) is 0.500. The van der Waals surface area contributed by atoms with Gasteiger partial charge in [-0.3, -0.25) is 0 Å². The van der Waals surface area contributed by atoms with Gasteiger partial charge in [0, 0.05) is 0 Å². The number of hydrogen-bond acceptors (Lipinski definition) is 5. The number of halogens is 1.